The molecule has 136 valence electrons. The molecule has 0 bridgehead atoms. The van der Waals surface area contributed by atoms with Crippen molar-refractivity contribution < 1.29 is 13.6 Å². The summed E-state index contributed by atoms with van der Waals surface area (Å²) in [5.74, 6) is -4.55. The maximum absolute atomic E-state index is 13.4. The van der Waals surface area contributed by atoms with Crippen molar-refractivity contribution in [2.45, 2.75) is 25.8 Å². The second kappa shape index (κ2) is 6.04. The molecule has 1 aliphatic heterocycles. The summed E-state index contributed by atoms with van der Waals surface area (Å²) in [6.45, 7) is 2.25. The van der Waals surface area contributed by atoms with Gasteiger partial charge in [-0.05, 0) is 30.5 Å². The molecule has 2 aliphatic rings. The summed E-state index contributed by atoms with van der Waals surface area (Å²) in [6, 6.07) is 11.5. The maximum Gasteiger partial charge on any atom is 0.263 e. The third-order valence-corrected chi connectivity index (χ3v) is 5.56. The fraction of sp³-hybridized carbons (Fsp3) is 0.400. The van der Waals surface area contributed by atoms with Crippen LogP contribution in [0.4, 0.5) is 8.78 Å². The number of carbonyl (C=O) groups is 1. The normalized spacial score (nSPS) is 23.0. The first-order valence-electron chi connectivity index (χ1n) is 8.80. The first-order chi connectivity index (χ1) is 12.4. The van der Waals surface area contributed by atoms with Gasteiger partial charge in [0, 0.05) is 25.8 Å². The number of alkyl halides is 2. The molecule has 2 fully saturated rings. The van der Waals surface area contributed by atoms with Crippen LogP contribution < -0.4 is 5.56 Å². The quantitative estimate of drug-likeness (QED) is 0.843. The lowest BCUT2D eigenvalue weighted by Gasteiger charge is -2.21. The lowest BCUT2D eigenvalue weighted by atomic mass is 10.1. The molecule has 1 saturated carbocycles. The van der Waals surface area contributed by atoms with E-state index < -0.39 is 23.7 Å². The van der Waals surface area contributed by atoms with E-state index in [9.17, 15) is 18.4 Å². The molecule has 2 unspecified atom stereocenters. The molecule has 4 nitrogen and oxygen atoms in total. The van der Waals surface area contributed by atoms with Gasteiger partial charge in [-0.15, -0.1) is 0 Å². The van der Waals surface area contributed by atoms with Crippen molar-refractivity contribution in [2.75, 3.05) is 13.1 Å². The largest absolute Gasteiger partial charge is 0.337 e. The van der Waals surface area contributed by atoms with Crippen LogP contribution in [0.15, 0.2) is 47.4 Å². The van der Waals surface area contributed by atoms with Crippen LogP contribution in [0.3, 0.4) is 0 Å². The fourth-order valence-corrected chi connectivity index (χ4v) is 3.83. The number of piperidine rings is 1. The first kappa shape index (κ1) is 16.9. The Hall–Kier alpha value is -2.50. The molecule has 1 aromatic heterocycles. The third kappa shape index (κ3) is 2.73. The van der Waals surface area contributed by atoms with E-state index in [0.29, 0.717) is 18.5 Å². The Balaban J connectivity index is 1.53. The highest BCUT2D eigenvalue weighted by molar-refractivity contribution is 5.95. The second-order valence-corrected chi connectivity index (χ2v) is 7.21. The number of pyridine rings is 1. The van der Waals surface area contributed by atoms with Crippen LogP contribution in [0.1, 0.15) is 21.5 Å². The van der Waals surface area contributed by atoms with Crippen LogP contribution in [0.2, 0.25) is 0 Å². The molecular formula is C20H20F2N2O2. The maximum atomic E-state index is 13.4. The number of benzene rings is 1. The van der Waals surface area contributed by atoms with Gasteiger partial charge in [-0.2, -0.15) is 0 Å². The molecule has 1 aliphatic carbocycles. The van der Waals surface area contributed by atoms with Gasteiger partial charge in [0.05, 0.1) is 11.8 Å². The van der Waals surface area contributed by atoms with Crippen LogP contribution in [-0.4, -0.2) is 34.4 Å². The number of hydrogen-bond donors (Lipinski definition) is 0. The van der Waals surface area contributed by atoms with Gasteiger partial charge in [0.1, 0.15) is 5.56 Å². The average Bonchev–Trinajstić information content (AvgIpc) is 2.99. The minimum Gasteiger partial charge on any atom is -0.337 e. The molecule has 0 radical (unpaired) electrons. The highest BCUT2D eigenvalue weighted by Crippen LogP contribution is 2.59. The zero-order valence-corrected chi connectivity index (χ0v) is 14.5. The number of aryl methyl sites for hydroxylation is 3. The van der Waals surface area contributed by atoms with Crippen LogP contribution in [-0.2, 0) is 13.0 Å². The van der Waals surface area contributed by atoms with E-state index in [4.69, 9.17) is 0 Å². The molecule has 0 N–H and O–H groups in total. The molecule has 1 amide bonds. The molecule has 0 spiro atoms. The van der Waals surface area contributed by atoms with Gasteiger partial charge in [0.2, 0.25) is 0 Å². The average molecular weight is 358 g/mol. The van der Waals surface area contributed by atoms with E-state index in [-0.39, 0.29) is 24.2 Å². The highest BCUT2D eigenvalue weighted by Gasteiger charge is 2.72. The predicted octanol–water partition coefficient (Wildman–Crippen LogP) is 2.74. The summed E-state index contributed by atoms with van der Waals surface area (Å²) < 4.78 is 28.2. The van der Waals surface area contributed by atoms with E-state index in [0.717, 1.165) is 5.56 Å². The zero-order chi connectivity index (χ0) is 18.5. The van der Waals surface area contributed by atoms with Crippen LogP contribution in [0.25, 0.3) is 0 Å². The van der Waals surface area contributed by atoms with E-state index in [2.05, 4.69) is 0 Å². The van der Waals surface area contributed by atoms with Crippen LogP contribution in [0, 0.1) is 18.8 Å². The van der Waals surface area contributed by atoms with E-state index in [1.807, 2.05) is 30.3 Å². The minimum absolute atomic E-state index is 0.0360. The minimum atomic E-state index is -2.64. The lowest BCUT2D eigenvalue weighted by Crippen LogP contribution is -2.39. The van der Waals surface area contributed by atoms with Gasteiger partial charge in [-0.1, -0.05) is 30.3 Å². The summed E-state index contributed by atoms with van der Waals surface area (Å²) in [5, 5.41) is 0. The Labute approximate surface area is 150 Å². The van der Waals surface area contributed by atoms with Gasteiger partial charge < -0.3 is 9.47 Å². The van der Waals surface area contributed by atoms with Gasteiger partial charge in [0.25, 0.3) is 17.4 Å². The highest BCUT2D eigenvalue weighted by atomic mass is 19.3. The van der Waals surface area contributed by atoms with Crippen molar-refractivity contribution in [2.24, 2.45) is 11.8 Å². The van der Waals surface area contributed by atoms with Gasteiger partial charge in [-0.3, -0.25) is 9.59 Å². The number of aromatic nitrogens is 1. The van der Waals surface area contributed by atoms with Gasteiger partial charge in [-0.25, -0.2) is 8.78 Å². The van der Waals surface area contributed by atoms with Gasteiger partial charge >= 0.3 is 0 Å². The monoisotopic (exact) mass is 358 g/mol. The van der Waals surface area contributed by atoms with Crippen LogP contribution >= 0.6 is 0 Å². The SMILES string of the molecule is Cc1ccn(CCc2ccccc2)c(=O)c1C(=O)N1CC2C(C1)C2(F)F. The summed E-state index contributed by atoms with van der Waals surface area (Å²) in [4.78, 5) is 27.0. The van der Waals surface area contributed by atoms with Crippen molar-refractivity contribution in [3.05, 3.63) is 69.6 Å². The predicted molar refractivity (Wildman–Crippen MR) is 93.4 cm³/mol. The van der Waals surface area contributed by atoms with Gasteiger partial charge in [0.15, 0.2) is 0 Å². The first-order valence-corrected chi connectivity index (χ1v) is 8.80. The number of amides is 1. The molecule has 2 aromatic rings. The summed E-state index contributed by atoms with van der Waals surface area (Å²) in [7, 11) is 0. The second-order valence-electron chi connectivity index (χ2n) is 7.21. The Bertz CT molecular complexity index is 894. The molecule has 2 heterocycles. The number of halogens is 2. The molecule has 2 atom stereocenters. The molecular weight excluding hydrogens is 338 g/mol. The van der Waals surface area contributed by atoms with Crippen molar-refractivity contribution in [3.8, 4) is 0 Å². The molecule has 1 saturated heterocycles. The van der Waals surface area contributed by atoms with Crippen LogP contribution in [0.5, 0.6) is 0 Å². The van der Waals surface area contributed by atoms with E-state index in [1.54, 1.807) is 19.2 Å². The number of rotatable bonds is 4. The Morgan fingerprint density at radius 2 is 1.81 bits per heavy atom. The number of carbonyl (C=O) groups excluding carboxylic acids is 1. The molecule has 1 aromatic carbocycles. The number of fused-ring (bicyclic) bond motifs is 1. The van der Waals surface area contributed by atoms with Crippen molar-refractivity contribution in [1.82, 2.24) is 9.47 Å². The number of likely N-dealkylation sites (tertiary alicyclic amines) is 1. The molecule has 6 heteroatoms. The topological polar surface area (TPSA) is 42.3 Å². The Morgan fingerprint density at radius 3 is 2.46 bits per heavy atom. The summed E-state index contributed by atoms with van der Waals surface area (Å²) in [5.41, 5.74) is 1.45. The van der Waals surface area contributed by atoms with E-state index >= 15 is 0 Å². The standard InChI is InChI=1S/C20H20F2N2O2/c1-13-7-9-23(10-8-14-5-3-2-4-6-14)18(25)17(13)19(26)24-11-15-16(12-24)20(15,21)22/h2-7,9,15-16H,8,10-12H2,1H3. The third-order valence-electron chi connectivity index (χ3n) is 5.56. The number of nitrogens with zero attached hydrogens (tertiary/aromatic N) is 2. The Morgan fingerprint density at radius 1 is 1.15 bits per heavy atom. The molecule has 26 heavy (non-hydrogen) atoms. The summed E-state index contributed by atoms with van der Waals surface area (Å²) in [6.07, 6.45) is 2.37. The lowest BCUT2D eigenvalue weighted by molar-refractivity contribution is 0.0457. The fourth-order valence-electron chi connectivity index (χ4n) is 3.83. The van der Waals surface area contributed by atoms with E-state index in [1.165, 1.54) is 9.47 Å². The van der Waals surface area contributed by atoms with Crippen molar-refractivity contribution in [3.63, 3.8) is 0 Å². The summed E-state index contributed by atoms with van der Waals surface area (Å²) >= 11 is 0. The van der Waals surface area contributed by atoms with Crippen molar-refractivity contribution >= 4 is 5.91 Å². The smallest absolute Gasteiger partial charge is 0.263 e. The molecule has 4 rings (SSSR count). The zero-order valence-electron chi connectivity index (χ0n) is 14.5. The number of hydrogen-bond acceptors (Lipinski definition) is 2. The Kier molecular flexibility index (Phi) is 3.93. The van der Waals surface area contributed by atoms with Crippen molar-refractivity contribution in [1.29, 1.82) is 0 Å².